The second kappa shape index (κ2) is 5.67. The highest BCUT2D eigenvalue weighted by atomic mass is 19.4. The molecule has 92 valence electrons. The molecule has 0 spiro atoms. The number of rotatable bonds is 4. The maximum atomic E-state index is 12.1. The van der Waals surface area contributed by atoms with E-state index in [1.807, 2.05) is 0 Å². The van der Waals surface area contributed by atoms with Crippen LogP contribution in [0.4, 0.5) is 13.2 Å². The van der Waals surface area contributed by atoms with Gasteiger partial charge in [0.05, 0.1) is 7.11 Å². The second-order valence-corrected chi connectivity index (χ2v) is 3.57. The van der Waals surface area contributed by atoms with Crippen LogP contribution >= 0.6 is 0 Å². The molecule has 0 saturated heterocycles. The molecule has 0 N–H and O–H groups in total. The third-order valence-corrected chi connectivity index (χ3v) is 1.70. The molecule has 16 heavy (non-hydrogen) atoms. The molecule has 0 radical (unpaired) electrons. The molecule has 0 rings (SSSR count). The van der Waals surface area contributed by atoms with Crippen molar-refractivity contribution in [2.75, 3.05) is 7.11 Å². The molecule has 0 atom stereocenters. The van der Waals surface area contributed by atoms with E-state index in [1.165, 1.54) is 0 Å². The minimum Gasteiger partial charge on any atom is -0.465 e. The topological polar surface area (TPSA) is 43.4 Å². The van der Waals surface area contributed by atoms with Crippen molar-refractivity contribution in [2.24, 2.45) is 5.92 Å². The minimum absolute atomic E-state index is 0.0423. The lowest BCUT2D eigenvalue weighted by atomic mass is 10.0. The summed E-state index contributed by atoms with van der Waals surface area (Å²) < 4.78 is 40.5. The van der Waals surface area contributed by atoms with Crippen molar-refractivity contribution >= 4 is 11.8 Å². The van der Waals surface area contributed by atoms with Gasteiger partial charge in [0, 0.05) is 0 Å². The lowest BCUT2D eigenvalue weighted by molar-refractivity contribution is -0.168. The van der Waals surface area contributed by atoms with Gasteiger partial charge in [-0.1, -0.05) is 19.9 Å². The zero-order valence-electron chi connectivity index (χ0n) is 9.22. The summed E-state index contributed by atoms with van der Waals surface area (Å²) in [4.78, 5) is 21.9. The quantitative estimate of drug-likeness (QED) is 0.326. The highest BCUT2D eigenvalue weighted by Crippen LogP contribution is 2.22. The van der Waals surface area contributed by atoms with Crippen LogP contribution in [-0.2, 0) is 14.3 Å². The summed E-state index contributed by atoms with van der Waals surface area (Å²) >= 11 is 0. The number of allylic oxidation sites excluding steroid dienone is 1. The van der Waals surface area contributed by atoms with E-state index in [4.69, 9.17) is 0 Å². The standard InChI is InChI=1S/C10H13F3O3/c1-6(2)4-5-7(9(15)16-3)8(14)10(11,12)13/h5-6H,4H2,1-3H3. The van der Waals surface area contributed by atoms with Gasteiger partial charge >= 0.3 is 12.1 Å². The van der Waals surface area contributed by atoms with Gasteiger partial charge < -0.3 is 4.74 Å². The number of hydrogen-bond acceptors (Lipinski definition) is 3. The number of methoxy groups -OCH3 is 1. The maximum absolute atomic E-state index is 12.1. The maximum Gasteiger partial charge on any atom is 0.455 e. The van der Waals surface area contributed by atoms with Crippen LogP contribution < -0.4 is 0 Å². The largest absolute Gasteiger partial charge is 0.465 e. The Morgan fingerprint density at radius 2 is 1.81 bits per heavy atom. The Bertz CT molecular complexity index is 303. The minimum atomic E-state index is -5.06. The van der Waals surface area contributed by atoms with Crippen molar-refractivity contribution in [3.05, 3.63) is 11.6 Å². The second-order valence-electron chi connectivity index (χ2n) is 3.57. The Hall–Kier alpha value is -1.33. The Morgan fingerprint density at radius 1 is 1.31 bits per heavy atom. The van der Waals surface area contributed by atoms with Crippen molar-refractivity contribution in [3.8, 4) is 0 Å². The fraction of sp³-hybridized carbons (Fsp3) is 0.600. The summed E-state index contributed by atoms with van der Waals surface area (Å²) in [6, 6.07) is 0. The Kier molecular flexibility index (Phi) is 5.20. The third-order valence-electron chi connectivity index (χ3n) is 1.70. The molecule has 6 heteroatoms. The number of ether oxygens (including phenoxy) is 1. The molecule has 0 aliphatic rings. The predicted octanol–water partition coefficient (Wildman–Crippen LogP) is 2.26. The van der Waals surface area contributed by atoms with Crippen LogP contribution in [0.15, 0.2) is 11.6 Å². The van der Waals surface area contributed by atoms with Crippen LogP contribution in [0, 0.1) is 5.92 Å². The Morgan fingerprint density at radius 3 is 2.12 bits per heavy atom. The number of alkyl halides is 3. The molecule has 0 bridgehead atoms. The molecule has 0 heterocycles. The molecule has 0 aliphatic heterocycles. The van der Waals surface area contributed by atoms with Crippen molar-refractivity contribution in [3.63, 3.8) is 0 Å². The number of Topliss-reactive ketones (excluding diaryl/α,β-unsaturated/α-hetero) is 1. The van der Waals surface area contributed by atoms with Crippen LogP contribution in [-0.4, -0.2) is 25.0 Å². The van der Waals surface area contributed by atoms with E-state index in [-0.39, 0.29) is 12.3 Å². The first-order valence-electron chi connectivity index (χ1n) is 4.60. The highest BCUT2D eigenvalue weighted by Gasteiger charge is 2.43. The first-order chi connectivity index (χ1) is 7.20. The van der Waals surface area contributed by atoms with Gasteiger partial charge in [-0.2, -0.15) is 13.2 Å². The number of carbonyl (C=O) groups excluding carboxylic acids is 2. The molecule has 0 aromatic carbocycles. The molecule has 0 fully saturated rings. The molecule has 0 unspecified atom stereocenters. The van der Waals surface area contributed by atoms with Crippen LogP contribution in [0.3, 0.4) is 0 Å². The average molecular weight is 238 g/mol. The smallest absolute Gasteiger partial charge is 0.455 e. The van der Waals surface area contributed by atoms with Crippen LogP contribution in [0.5, 0.6) is 0 Å². The lowest BCUT2D eigenvalue weighted by Crippen LogP contribution is -2.29. The van der Waals surface area contributed by atoms with Crippen molar-refractivity contribution in [1.29, 1.82) is 0 Å². The van der Waals surface area contributed by atoms with Gasteiger partial charge in [-0.15, -0.1) is 0 Å². The summed E-state index contributed by atoms with van der Waals surface area (Å²) in [6.45, 7) is 3.51. The summed E-state index contributed by atoms with van der Waals surface area (Å²) in [5, 5.41) is 0. The molecule has 0 saturated carbocycles. The van der Waals surface area contributed by atoms with Crippen molar-refractivity contribution < 1.29 is 27.5 Å². The fourth-order valence-electron chi connectivity index (χ4n) is 0.885. The van der Waals surface area contributed by atoms with Crippen LogP contribution in [0.25, 0.3) is 0 Å². The van der Waals surface area contributed by atoms with Crippen LogP contribution in [0.2, 0.25) is 0 Å². The van der Waals surface area contributed by atoms with Crippen molar-refractivity contribution in [1.82, 2.24) is 0 Å². The average Bonchev–Trinajstić information content (AvgIpc) is 2.15. The highest BCUT2D eigenvalue weighted by molar-refractivity contribution is 6.19. The molecular weight excluding hydrogens is 225 g/mol. The summed E-state index contributed by atoms with van der Waals surface area (Å²) in [5.41, 5.74) is -0.955. The normalized spacial score (nSPS) is 12.8. The lowest BCUT2D eigenvalue weighted by Gasteiger charge is -2.08. The number of hydrogen-bond donors (Lipinski definition) is 0. The molecule has 0 aromatic heterocycles. The van der Waals surface area contributed by atoms with E-state index in [1.54, 1.807) is 13.8 Å². The SMILES string of the molecule is COC(=O)C(=CCC(C)C)C(=O)C(F)(F)F. The zero-order chi connectivity index (χ0) is 12.9. The van der Waals surface area contributed by atoms with E-state index < -0.39 is 23.5 Å². The fourth-order valence-corrected chi connectivity index (χ4v) is 0.885. The third kappa shape index (κ3) is 4.46. The van der Waals surface area contributed by atoms with Gasteiger partial charge in [0.15, 0.2) is 0 Å². The Labute approximate surface area is 91.3 Å². The molecule has 3 nitrogen and oxygen atoms in total. The predicted molar refractivity (Wildman–Crippen MR) is 50.6 cm³/mol. The number of halogens is 3. The molecule has 0 aromatic rings. The van der Waals surface area contributed by atoms with E-state index in [0.717, 1.165) is 13.2 Å². The van der Waals surface area contributed by atoms with Crippen molar-refractivity contribution in [2.45, 2.75) is 26.4 Å². The van der Waals surface area contributed by atoms with E-state index in [9.17, 15) is 22.8 Å². The number of carbonyl (C=O) groups is 2. The van der Waals surface area contributed by atoms with Gasteiger partial charge in [-0.3, -0.25) is 4.79 Å². The van der Waals surface area contributed by atoms with E-state index in [2.05, 4.69) is 4.74 Å². The number of ketones is 1. The monoisotopic (exact) mass is 238 g/mol. The summed E-state index contributed by atoms with van der Waals surface area (Å²) in [6.07, 6.45) is -3.89. The molecule has 0 aliphatic carbocycles. The van der Waals surface area contributed by atoms with E-state index in [0.29, 0.717) is 0 Å². The number of esters is 1. The summed E-state index contributed by atoms with van der Waals surface area (Å²) in [5.74, 6) is -3.39. The Balaban J connectivity index is 5.03. The zero-order valence-corrected chi connectivity index (χ0v) is 9.22. The van der Waals surface area contributed by atoms with Gasteiger partial charge in [0.1, 0.15) is 5.57 Å². The summed E-state index contributed by atoms with van der Waals surface area (Å²) in [7, 11) is 0.926. The van der Waals surface area contributed by atoms with Gasteiger partial charge in [-0.05, 0) is 12.3 Å². The molecule has 0 amide bonds. The molecular formula is C10H13F3O3. The first-order valence-corrected chi connectivity index (χ1v) is 4.60. The van der Waals surface area contributed by atoms with Gasteiger partial charge in [-0.25, -0.2) is 4.79 Å². The van der Waals surface area contributed by atoms with Crippen LogP contribution in [0.1, 0.15) is 20.3 Å². The van der Waals surface area contributed by atoms with Gasteiger partial charge in [0.25, 0.3) is 5.78 Å². The van der Waals surface area contributed by atoms with E-state index >= 15 is 0 Å². The first kappa shape index (κ1) is 14.7. The van der Waals surface area contributed by atoms with Gasteiger partial charge in [0.2, 0.25) is 0 Å².